The molecule has 0 aromatic carbocycles. The number of hydrogen-bond donors (Lipinski definition) is 2. The average Bonchev–Trinajstić information content (AvgIpc) is 2.52. The topological polar surface area (TPSA) is 86.5 Å². The van der Waals surface area contributed by atoms with Gasteiger partial charge in [-0.1, -0.05) is 11.8 Å². The highest BCUT2D eigenvalue weighted by Crippen LogP contribution is 2.01. The maximum Gasteiger partial charge on any atom is 0.269 e. The van der Waals surface area contributed by atoms with E-state index in [0.29, 0.717) is 38.6 Å². The van der Waals surface area contributed by atoms with Crippen molar-refractivity contribution in [2.45, 2.75) is 6.10 Å². The summed E-state index contributed by atoms with van der Waals surface area (Å²) in [5.74, 6) is 5.34. The number of amides is 1. The van der Waals surface area contributed by atoms with Gasteiger partial charge in [-0.15, -0.1) is 0 Å². The van der Waals surface area contributed by atoms with Gasteiger partial charge in [-0.3, -0.25) is 4.79 Å². The monoisotopic (exact) mass is 275 g/mol. The van der Waals surface area contributed by atoms with E-state index in [4.69, 9.17) is 15.2 Å². The Kier molecular flexibility index (Phi) is 5.50. The van der Waals surface area contributed by atoms with Crippen molar-refractivity contribution >= 4 is 5.91 Å². The summed E-state index contributed by atoms with van der Waals surface area (Å²) in [6, 6.07) is 3.37. The first kappa shape index (κ1) is 14.5. The predicted octanol–water partition coefficient (Wildman–Crippen LogP) is -0.463. The number of pyridine rings is 1. The Morgan fingerprint density at radius 2 is 2.40 bits per heavy atom. The van der Waals surface area contributed by atoms with E-state index in [1.807, 2.05) is 0 Å². The fourth-order valence-electron chi connectivity index (χ4n) is 1.71. The summed E-state index contributed by atoms with van der Waals surface area (Å²) >= 11 is 0. The first-order chi connectivity index (χ1) is 9.79. The number of nitrogens with zero attached hydrogens (tertiary/aromatic N) is 1. The maximum atomic E-state index is 11.9. The Morgan fingerprint density at radius 3 is 3.05 bits per heavy atom. The van der Waals surface area contributed by atoms with Gasteiger partial charge in [0.05, 0.1) is 32.5 Å². The molecule has 1 fully saturated rings. The zero-order valence-electron chi connectivity index (χ0n) is 11.1. The number of carbonyl (C=O) groups is 1. The quantitative estimate of drug-likeness (QED) is 0.729. The second-order valence-electron chi connectivity index (χ2n) is 4.22. The molecule has 3 N–H and O–H groups in total. The van der Waals surface area contributed by atoms with Gasteiger partial charge in [0.25, 0.3) is 5.91 Å². The molecule has 1 saturated heterocycles. The second kappa shape index (κ2) is 7.60. The lowest BCUT2D eigenvalue weighted by atomic mass is 10.2. The van der Waals surface area contributed by atoms with Crippen molar-refractivity contribution < 1.29 is 14.3 Å². The molecule has 20 heavy (non-hydrogen) atoms. The van der Waals surface area contributed by atoms with Crippen LogP contribution in [0.15, 0.2) is 18.3 Å². The number of nitrogens with one attached hydrogen (secondary N) is 1. The zero-order valence-corrected chi connectivity index (χ0v) is 11.1. The van der Waals surface area contributed by atoms with E-state index in [-0.39, 0.29) is 12.0 Å². The molecule has 0 spiro atoms. The number of rotatable bonds is 3. The molecule has 1 aliphatic heterocycles. The standard InChI is InChI=1S/C14H17N3O3/c15-5-1-2-11-3-4-13(16-8-11)14(18)17-9-12-10-19-6-7-20-12/h3-4,8,12H,5-7,9-10,15H2,(H,17,18). The molecule has 1 unspecified atom stereocenters. The van der Waals surface area contributed by atoms with Gasteiger partial charge < -0.3 is 20.5 Å². The van der Waals surface area contributed by atoms with Crippen molar-refractivity contribution in [1.82, 2.24) is 10.3 Å². The lowest BCUT2D eigenvalue weighted by molar-refractivity contribution is -0.0855. The van der Waals surface area contributed by atoms with Crippen LogP contribution in [-0.4, -0.2) is 49.9 Å². The molecule has 0 bridgehead atoms. The second-order valence-corrected chi connectivity index (χ2v) is 4.22. The summed E-state index contributed by atoms with van der Waals surface area (Å²) in [5.41, 5.74) is 6.36. The maximum absolute atomic E-state index is 11.9. The van der Waals surface area contributed by atoms with E-state index in [2.05, 4.69) is 22.1 Å². The number of aromatic nitrogens is 1. The average molecular weight is 275 g/mol. The van der Waals surface area contributed by atoms with Crippen LogP contribution in [0, 0.1) is 11.8 Å². The van der Waals surface area contributed by atoms with Gasteiger partial charge in [0.15, 0.2) is 0 Å². The van der Waals surface area contributed by atoms with Crippen LogP contribution in [0.1, 0.15) is 16.1 Å². The van der Waals surface area contributed by atoms with Gasteiger partial charge >= 0.3 is 0 Å². The molecule has 1 amide bonds. The lowest BCUT2D eigenvalue weighted by Gasteiger charge is -2.22. The third kappa shape index (κ3) is 4.31. The zero-order chi connectivity index (χ0) is 14.2. The fraction of sp³-hybridized carbons (Fsp3) is 0.429. The molecule has 1 aromatic rings. The Morgan fingerprint density at radius 1 is 1.50 bits per heavy atom. The van der Waals surface area contributed by atoms with Crippen LogP contribution in [0.5, 0.6) is 0 Å². The number of carbonyl (C=O) groups excluding carboxylic acids is 1. The summed E-state index contributed by atoms with van der Waals surface area (Å²) in [7, 11) is 0. The summed E-state index contributed by atoms with van der Waals surface area (Å²) in [4.78, 5) is 16.0. The lowest BCUT2D eigenvalue weighted by Crippen LogP contribution is -2.39. The summed E-state index contributed by atoms with van der Waals surface area (Å²) in [6.45, 7) is 2.38. The number of nitrogens with two attached hydrogens (primary N) is 1. The third-order valence-electron chi connectivity index (χ3n) is 2.71. The minimum Gasteiger partial charge on any atom is -0.376 e. The van der Waals surface area contributed by atoms with Crippen molar-refractivity contribution in [3.63, 3.8) is 0 Å². The molecule has 106 valence electrons. The van der Waals surface area contributed by atoms with Crippen LogP contribution in [0.3, 0.4) is 0 Å². The molecule has 1 aliphatic rings. The number of hydrogen-bond acceptors (Lipinski definition) is 5. The summed E-state index contributed by atoms with van der Waals surface area (Å²) < 4.78 is 10.7. The van der Waals surface area contributed by atoms with Crippen molar-refractivity contribution in [1.29, 1.82) is 0 Å². The van der Waals surface area contributed by atoms with E-state index < -0.39 is 0 Å². The number of ether oxygens (including phenoxy) is 2. The predicted molar refractivity (Wildman–Crippen MR) is 73.1 cm³/mol. The first-order valence-electron chi connectivity index (χ1n) is 6.42. The summed E-state index contributed by atoms with van der Waals surface area (Å²) in [5, 5.41) is 2.77. The van der Waals surface area contributed by atoms with Gasteiger partial charge in [-0.05, 0) is 12.1 Å². The molecule has 2 heterocycles. The van der Waals surface area contributed by atoms with Crippen LogP contribution < -0.4 is 11.1 Å². The van der Waals surface area contributed by atoms with Crippen molar-refractivity contribution in [2.75, 3.05) is 32.9 Å². The minimum atomic E-state index is -0.238. The summed E-state index contributed by atoms with van der Waals surface area (Å²) in [6.07, 6.45) is 1.46. The Hall–Kier alpha value is -1.94. The fourth-order valence-corrected chi connectivity index (χ4v) is 1.71. The van der Waals surface area contributed by atoms with Crippen LogP contribution in [0.25, 0.3) is 0 Å². The van der Waals surface area contributed by atoms with E-state index in [1.165, 1.54) is 0 Å². The van der Waals surface area contributed by atoms with E-state index >= 15 is 0 Å². The molecule has 0 saturated carbocycles. The molecule has 6 nitrogen and oxygen atoms in total. The van der Waals surface area contributed by atoms with E-state index in [9.17, 15) is 4.79 Å². The Labute approximate surface area is 117 Å². The van der Waals surface area contributed by atoms with Crippen molar-refractivity contribution in [3.8, 4) is 11.8 Å². The molecule has 0 radical (unpaired) electrons. The Bertz CT molecular complexity index is 499. The van der Waals surface area contributed by atoms with Crippen LogP contribution in [0.4, 0.5) is 0 Å². The molecule has 0 aliphatic carbocycles. The molecule has 1 atom stereocenters. The van der Waals surface area contributed by atoms with Gasteiger partial charge in [-0.25, -0.2) is 4.98 Å². The highest BCUT2D eigenvalue weighted by molar-refractivity contribution is 5.92. The van der Waals surface area contributed by atoms with Gasteiger partial charge in [0.1, 0.15) is 5.69 Å². The van der Waals surface area contributed by atoms with Gasteiger partial charge in [0.2, 0.25) is 0 Å². The van der Waals surface area contributed by atoms with Crippen LogP contribution in [-0.2, 0) is 9.47 Å². The third-order valence-corrected chi connectivity index (χ3v) is 2.71. The molecule has 1 aromatic heterocycles. The highest BCUT2D eigenvalue weighted by Gasteiger charge is 2.16. The van der Waals surface area contributed by atoms with Crippen LogP contribution >= 0.6 is 0 Å². The SMILES string of the molecule is NCC#Cc1ccc(C(=O)NCC2COCCO2)nc1. The smallest absolute Gasteiger partial charge is 0.269 e. The molecular formula is C14H17N3O3. The molecular weight excluding hydrogens is 258 g/mol. The minimum absolute atomic E-state index is 0.0950. The van der Waals surface area contributed by atoms with Crippen LogP contribution in [0.2, 0.25) is 0 Å². The van der Waals surface area contributed by atoms with Crippen molar-refractivity contribution in [2.24, 2.45) is 5.73 Å². The first-order valence-corrected chi connectivity index (χ1v) is 6.42. The molecule has 2 rings (SSSR count). The van der Waals surface area contributed by atoms with Gasteiger partial charge in [0, 0.05) is 18.3 Å². The Balaban J connectivity index is 1.85. The van der Waals surface area contributed by atoms with Crippen molar-refractivity contribution in [3.05, 3.63) is 29.6 Å². The highest BCUT2D eigenvalue weighted by atomic mass is 16.6. The largest absolute Gasteiger partial charge is 0.376 e. The van der Waals surface area contributed by atoms with E-state index in [0.717, 1.165) is 5.56 Å². The normalized spacial score (nSPS) is 17.9. The van der Waals surface area contributed by atoms with E-state index in [1.54, 1.807) is 18.3 Å². The van der Waals surface area contributed by atoms with Gasteiger partial charge in [-0.2, -0.15) is 0 Å². The molecule has 6 heteroatoms.